The summed E-state index contributed by atoms with van der Waals surface area (Å²) in [5.74, 6) is -5.03. The van der Waals surface area contributed by atoms with E-state index in [9.17, 15) is 14.4 Å². The van der Waals surface area contributed by atoms with Crippen LogP contribution in [0, 0.1) is 23.2 Å². The van der Waals surface area contributed by atoms with Crippen LogP contribution in [-0.4, -0.2) is 64.4 Å². The molecule has 0 radical (unpaired) electrons. The number of amides is 1. The van der Waals surface area contributed by atoms with Crippen LogP contribution in [0.5, 0.6) is 11.6 Å². The van der Waals surface area contributed by atoms with E-state index in [1.165, 1.54) is 12.0 Å². The molecule has 0 unspecified atom stereocenters. The highest BCUT2D eigenvalue weighted by molar-refractivity contribution is 5.87. The molecule has 2 bridgehead atoms. The van der Waals surface area contributed by atoms with Crippen LogP contribution in [0.15, 0.2) is 18.2 Å². The van der Waals surface area contributed by atoms with Crippen molar-refractivity contribution in [2.75, 3.05) is 13.7 Å². The van der Waals surface area contributed by atoms with Gasteiger partial charge in [-0.3, -0.25) is 9.59 Å². The number of fused-ring (bicyclic) bond motifs is 5. The number of halogens is 2. The molecule has 2 aromatic rings. The number of aromatic nitrogens is 2. The van der Waals surface area contributed by atoms with E-state index in [2.05, 4.69) is 16.9 Å². The lowest BCUT2D eigenvalue weighted by Crippen LogP contribution is -2.48. The van der Waals surface area contributed by atoms with Gasteiger partial charge in [0.25, 0.3) is 5.92 Å². The van der Waals surface area contributed by atoms with Crippen molar-refractivity contribution in [3.05, 3.63) is 23.9 Å². The molecule has 262 valence electrons. The van der Waals surface area contributed by atoms with Crippen molar-refractivity contribution in [1.82, 2.24) is 14.9 Å². The molecule has 6 rings (SSSR count). The minimum Gasteiger partial charge on any atom is -0.497 e. The van der Waals surface area contributed by atoms with E-state index in [0.29, 0.717) is 30.5 Å². The molecule has 11 heteroatoms. The fourth-order valence-corrected chi connectivity index (χ4v) is 8.83. The number of nitrogens with zero attached hydrogens (tertiary/aromatic N) is 3. The van der Waals surface area contributed by atoms with Gasteiger partial charge in [-0.1, -0.05) is 39.5 Å². The van der Waals surface area contributed by atoms with Gasteiger partial charge in [0, 0.05) is 18.4 Å². The van der Waals surface area contributed by atoms with E-state index in [0.717, 1.165) is 51.2 Å². The Hall–Kier alpha value is -3.37. The average molecular weight is 670 g/mol. The third-order valence-corrected chi connectivity index (χ3v) is 12.0. The van der Waals surface area contributed by atoms with Gasteiger partial charge in [-0.25, -0.2) is 9.97 Å². The van der Waals surface area contributed by atoms with Gasteiger partial charge in [-0.15, -0.1) is 0 Å². The summed E-state index contributed by atoms with van der Waals surface area (Å²) in [6, 6.07) is 4.00. The highest BCUT2D eigenvalue weighted by Crippen LogP contribution is 2.48. The number of rotatable bonds is 3. The minimum absolute atomic E-state index is 0.00629. The van der Waals surface area contributed by atoms with Crippen molar-refractivity contribution in [1.29, 1.82) is 0 Å². The predicted octanol–water partition coefficient (Wildman–Crippen LogP) is 7.18. The monoisotopic (exact) mass is 669 g/mol. The molecule has 1 saturated heterocycles. The van der Waals surface area contributed by atoms with Gasteiger partial charge in [-0.2, -0.15) is 8.78 Å². The lowest BCUT2D eigenvalue weighted by atomic mass is 9.65. The number of methoxy groups -OCH3 is 1. The van der Waals surface area contributed by atoms with E-state index >= 15 is 8.78 Å². The van der Waals surface area contributed by atoms with E-state index in [4.69, 9.17) is 14.2 Å². The maximum absolute atomic E-state index is 16.1. The number of aldehydes is 1. The van der Waals surface area contributed by atoms with Gasteiger partial charge < -0.3 is 23.9 Å². The molecule has 4 aliphatic rings. The Kier molecular flexibility index (Phi) is 9.70. The SMILES string of the molecule is COc1ccc2nc3c(nc2c1)O[C@H]1CN(C(=O)[C@H](C2(C)CCCCC2)CC(=O)O[C@]2(C)CCC[C@H]2CCCCC3(F)F)[C@H](C=O)[C@@H]1C. The number of carbonyl (C=O) groups excluding carboxylic acids is 3. The third-order valence-electron chi connectivity index (χ3n) is 12.0. The first kappa shape index (κ1) is 34.5. The highest BCUT2D eigenvalue weighted by atomic mass is 19.3. The van der Waals surface area contributed by atoms with Crippen LogP contribution in [-0.2, 0) is 25.0 Å². The molecule has 3 heterocycles. The lowest BCUT2D eigenvalue weighted by Gasteiger charge is -2.42. The molecule has 9 nitrogen and oxygen atoms in total. The van der Waals surface area contributed by atoms with Crippen molar-refractivity contribution in [3.8, 4) is 11.6 Å². The summed E-state index contributed by atoms with van der Waals surface area (Å²) in [4.78, 5) is 51.4. The second-order valence-electron chi connectivity index (χ2n) is 15.2. The molecule has 1 aromatic heterocycles. The Morgan fingerprint density at radius 1 is 0.958 bits per heavy atom. The number of hydrogen-bond donors (Lipinski definition) is 0. The predicted molar refractivity (Wildman–Crippen MR) is 175 cm³/mol. The Labute approximate surface area is 281 Å². The second kappa shape index (κ2) is 13.5. The second-order valence-corrected chi connectivity index (χ2v) is 15.2. The fraction of sp³-hybridized carbons (Fsp3) is 0.703. The van der Waals surface area contributed by atoms with Crippen LogP contribution in [0.25, 0.3) is 11.0 Å². The van der Waals surface area contributed by atoms with Crippen LogP contribution in [0.1, 0.15) is 110 Å². The zero-order valence-corrected chi connectivity index (χ0v) is 28.6. The molecule has 48 heavy (non-hydrogen) atoms. The van der Waals surface area contributed by atoms with Crippen LogP contribution < -0.4 is 9.47 Å². The topological polar surface area (TPSA) is 108 Å². The number of carbonyl (C=O) groups is 3. The van der Waals surface area contributed by atoms with Gasteiger partial charge in [0.05, 0.1) is 43.1 Å². The van der Waals surface area contributed by atoms with Crippen LogP contribution in [0.2, 0.25) is 0 Å². The standard InChI is InChI=1S/C37H49F2N3O6/c1-23-29(22-43)42-21-30(23)47-33-32(40-27-14-13-25(46-4)19-28(27)41-33)37(38,39)18-9-6-11-24-12-10-17-36(24,3)48-31(44)20-26(34(42)45)35(2)15-7-5-8-16-35/h13-14,19,22-24,26,29-30H,5-12,15-18,20-21H2,1-4H3/t23-,24+,26+,29+,30-,36+/m0/s1. The molecule has 3 fully saturated rings. The summed E-state index contributed by atoms with van der Waals surface area (Å²) in [6.07, 6.45) is 7.84. The van der Waals surface area contributed by atoms with E-state index in [1.807, 2.05) is 6.92 Å². The molecule has 1 aromatic carbocycles. The fourth-order valence-electron chi connectivity index (χ4n) is 8.83. The van der Waals surface area contributed by atoms with Gasteiger partial charge in [0.1, 0.15) is 23.7 Å². The van der Waals surface area contributed by atoms with E-state index < -0.39 is 59.0 Å². The van der Waals surface area contributed by atoms with Crippen molar-refractivity contribution in [2.24, 2.45) is 23.2 Å². The quantitative estimate of drug-likeness (QED) is 0.250. The Bertz CT molecular complexity index is 1530. The zero-order valence-electron chi connectivity index (χ0n) is 28.6. The van der Waals surface area contributed by atoms with Crippen molar-refractivity contribution < 1.29 is 37.4 Å². The summed E-state index contributed by atoms with van der Waals surface area (Å²) < 4.78 is 50.2. The van der Waals surface area contributed by atoms with Crippen molar-refractivity contribution in [3.63, 3.8) is 0 Å². The highest BCUT2D eigenvalue weighted by Gasteiger charge is 2.51. The van der Waals surface area contributed by atoms with Crippen LogP contribution >= 0.6 is 0 Å². The molecule has 2 aliphatic carbocycles. The van der Waals surface area contributed by atoms with Gasteiger partial charge >= 0.3 is 5.97 Å². The van der Waals surface area contributed by atoms with Crippen LogP contribution in [0.4, 0.5) is 8.78 Å². The number of benzene rings is 1. The molecular formula is C37H49F2N3O6. The van der Waals surface area contributed by atoms with Crippen molar-refractivity contribution >= 4 is 29.2 Å². The summed E-state index contributed by atoms with van der Waals surface area (Å²) >= 11 is 0. The minimum atomic E-state index is -3.35. The van der Waals surface area contributed by atoms with E-state index in [-0.39, 0.29) is 42.6 Å². The Balaban J connectivity index is 1.42. The van der Waals surface area contributed by atoms with Crippen LogP contribution in [0.3, 0.4) is 0 Å². The van der Waals surface area contributed by atoms with Gasteiger partial charge in [0.2, 0.25) is 11.8 Å². The molecular weight excluding hydrogens is 620 g/mol. The molecule has 2 aliphatic heterocycles. The summed E-state index contributed by atoms with van der Waals surface area (Å²) in [6.45, 7) is 5.80. The molecule has 2 saturated carbocycles. The number of ether oxygens (including phenoxy) is 3. The van der Waals surface area contributed by atoms with Gasteiger partial charge in [0.15, 0.2) is 5.69 Å². The maximum Gasteiger partial charge on any atom is 0.307 e. The average Bonchev–Trinajstić information content (AvgIpc) is 3.58. The summed E-state index contributed by atoms with van der Waals surface area (Å²) in [5, 5.41) is 0. The van der Waals surface area contributed by atoms with Gasteiger partial charge in [-0.05, 0) is 75.3 Å². The number of alkyl halides is 2. The largest absolute Gasteiger partial charge is 0.497 e. The first-order valence-electron chi connectivity index (χ1n) is 17.8. The first-order valence-corrected chi connectivity index (χ1v) is 17.8. The smallest absolute Gasteiger partial charge is 0.307 e. The van der Waals surface area contributed by atoms with Crippen molar-refractivity contribution in [2.45, 2.75) is 128 Å². The third kappa shape index (κ3) is 6.62. The number of hydrogen-bond acceptors (Lipinski definition) is 8. The number of esters is 1. The maximum atomic E-state index is 16.1. The summed E-state index contributed by atoms with van der Waals surface area (Å²) in [5.41, 5.74) is -1.08. The molecule has 6 atom stereocenters. The first-order chi connectivity index (χ1) is 22.9. The van der Waals surface area contributed by atoms with E-state index in [1.54, 1.807) is 25.1 Å². The molecule has 0 N–H and O–H groups in total. The molecule has 0 spiro atoms. The Morgan fingerprint density at radius 3 is 2.42 bits per heavy atom. The normalized spacial score (nSPS) is 32.7. The summed E-state index contributed by atoms with van der Waals surface area (Å²) in [7, 11) is 1.51. The lowest BCUT2D eigenvalue weighted by molar-refractivity contribution is -0.168. The molecule has 1 amide bonds. The Morgan fingerprint density at radius 2 is 1.69 bits per heavy atom. The zero-order chi connectivity index (χ0) is 34.3.